The Hall–Kier alpha value is -2.83. The van der Waals surface area contributed by atoms with Gasteiger partial charge in [0.2, 0.25) is 5.91 Å². The molecule has 0 radical (unpaired) electrons. The van der Waals surface area contributed by atoms with Gasteiger partial charge in [-0.2, -0.15) is 0 Å². The average molecular weight is 412 g/mol. The van der Waals surface area contributed by atoms with Gasteiger partial charge in [0.25, 0.3) is 5.56 Å². The normalized spacial score (nSPS) is 18.8. The number of carbonyl (C=O) groups is 1. The Kier molecular flexibility index (Phi) is 5.06. The number of aromatic nitrogens is 1. The monoisotopic (exact) mass is 411 g/mol. The molecule has 2 aromatic carbocycles. The zero-order valence-electron chi connectivity index (χ0n) is 16.1. The third-order valence-corrected chi connectivity index (χ3v) is 5.90. The van der Waals surface area contributed by atoms with Crippen molar-refractivity contribution >= 4 is 34.0 Å². The van der Waals surface area contributed by atoms with Gasteiger partial charge in [-0.1, -0.05) is 29.8 Å². The van der Waals surface area contributed by atoms with Gasteiger partial charge in [0.05, 0.1) is 12.1 Å². The molecule has 1 aliphatic rings. The van der Waals surface area contributed by atoms with Gasteiger partial charge < -0.3 is 20.4 Å². The molecule has 0 bridgehead atoms. The number of fused-ring (bicyclic) bond motifs is 1. The number of benzene rings is 2. The number of nitrogens with one attached hydrogen (secondary N) is 1. The summed E-state index contributed by atoms with van der Waals surface area (Å²) >= 11 is 6.36. The van der Waals surface area contributed by atoms with Crippen LogP contribution in [0, 0.1) is 6.92 Å². The lowest BCUT2D eigenvalue weighted by Gasteiger charge is -2.32. The van der Waals surface area contributed by atoms with Crippen molar-refractivity contribution in [2.45, 2.75) is 25.4 Å². The first-order valence-electron chi connectivity index (χ1n) is 9.43. The smallest absolute Gasteiger partial charge is 0.258 e. The molecule has 1 unspecified atom stereocenters. The minimum Gasteiger partial charge on any atom is -0.379 e. The highest BCUT2D eigenvalue weighted by molar-refractivity contribution is 6.31. The molecule has 1 atom stereocenters. The van der Waals surface area contributed by atoms with Crippen LogP contribution in [0.25, 0.3) is 10.8 Å². The number of hydrogen-bond acceptors (Lipinski definition) is 4. The minimum absolute atomic E-state index is 0.147. The maximum Gasteiger partial charge on any atom is 0.258 e. The van der Waals surface area contributed by atoms with Gasteiger partial charge in [0.1, 0.15) is 6.54 Å². The molecule has 3 N–H and O–H groups in total. The molecule has 150 valence electrons. The van der Waals surface area contributed by atoms with Gasteiger partial charge in [-0.25, -0.2) is 0 Å². The predicted molar refractivity (Wildman–Crippen MR) is 114 cm³/mol. The van der Waals surface area contributed by atoms with E-state index in [-0.39, 0.29) is 12.1 Å². The lowest BCUT2D eigenvalue weighted by molar-refractivity contribution is -0.118. The zero-order chi connectivity index (χ0) is 20.6. The summed E-state index contributed by atoms with van der Waals surface area (Å²) < 4.78 is 7.06. The fourth-order valence-electron chi connectivity index (χ4n) is 4.00. The van der Waals surface area contributed by atoms with Crippen molar-refractivity contribution < 1.29 is 9.53 Å². The number of pyridine rings is 1. The second-order valence-electron chi connectivity index (χ2n) is 7.44. The van der Waals surface area contributed by atoms with E-state index in [1.165, 1.54) is 4.57 Å². The Morgan fingerprint density at radius 2 is 2.14 bits per heavy atom. The van der Waals surface area contributed by atoms with E-state index in [0.29, 0.717) is 23.6 Å². The third kappa shape index (κ3) is 3.61. The Morgan fingerprint density at radius 1 is 1.31 bits per heavy atom. The average Bonchev–Trinajstić information content (AvgIpc) is 3.15. The standard InChI is InChI=1S/C22H22ClN3O3/c1-14-18(3-2-4-19(14)23)22(8-10-29-13-22)25-16-6-5-15-7-9-26(12-20(24)27)21(28)17(15)11-16/h2-7,9,11,25H,8,10,12-13H2,1H3,(H2,24,27). The second kappa shape index (κ2) is 7.54. The highest BCUT2D eigenvalue weighted by Gasteiger charge is 2.38. The van der Waals surface area contributed by atoms with Crippen molar-refractivity contribution in [2.75, 3.05) is 18.5 Å². The van der Waals surface area contributed by atoms with Gasteiger partial charge in [-0.05, 0) is 47.7 Å². The van der Waals surface area contributed by atoms with Crippen LogP contribution in [0.15, 0.2) is 53.5 Å². The van der Waals surface area contributed by atoms with E-state index in [0.717, 1.165) is 28.6 Å². The summed E-state index contributed by atoms with van der Waals surface area (Å²) in [6, 6.07) is 13.3. The summed E-state index contributed by atoms with van der Waals surface area (Å²) in [7, 11) is 0. The lowest BCUT2D eigenvalue weighted by Crippen LogP contribution is -2.36. The van der Waals surface area contributed by atoms with Gasteiger partial charge in [0, 0.05) is 35.3 Å². The molecule has 1 saturated heterocycles. The van der Waals surface area contributed by atoms with Crippen molar-refractivity contribution in [1.29, 1.82) is 0 Å². The molecule has 2 heterocycles. The van der Waals surface area contributed by atoms with Gasteiger partial charge in [0.15, 0.2) is 0 Å². The molecule has 1 aliphatic heterocycles. The summed E-state index contributed by atoms with van der Waals surface area (Å²) in [6.07, 6.45) is 2.37. The summed E-state index contributed by atoms with van der Waals surface area (Å²) in [5.74, 6) is -0.556. The van der Waals surface area contributed by atoms with Crippen molar-refractivity contribution in [3.8, 4) is 0 Å². The summed E-state index contributed by atoms with van der Waals surface area (Å²) in [6.45, 7) is 3.00. The third-order valence-electron chi connectivity index (χ3n) is 5.49. The number of amides is 1. The molecule has 0 saturated carbocycles. The number of hydrogen-bond donors (Lipinski definition) is 2. The molecule has 0 aliphatic carbocycles. The van der Waals surface area contributed by atoms with Gasteiger partial charge >= 0.3 is 0 Å². The molecule has 6 nitrogen and oxygen atoms in total. The van der Waals surface area contributed by atoms with E-state index in [2.05, 4.69) is 11.4 Å². The van der Waals surface area contributed by atoms with Crippen LogP contribution in [0.1, 0.15) is 17.5 Å². The SMILES string of the molecule is Cc1c(Cl)cccc1C1(Nc2ccc3ccn(CC(N)=O)c(=O)c3c2)CCOC1. The predicted octanol–water partition coefficient (Wildman–Crippen LogP) is 3.18. The van der Waals surface area contributed by atoms with E-state index in [9.17, 15) is 9.59 Å². The number of nitrogens with zero attached hydrogens (tertiary/aromatic N) is 1. The molecule has 1 aromatic heterocycles. The van der Waals surface area contributed by atoms with E-state index in [4.69, 9.17) is 22.1 Å². The fraction of sp³-hybridized carbons (Fsp3) is 0.273. The van der Waals surface area contributed by atoms with Crippen LogP contribution in [0.4, 0.5) is 5.69 Å². The van der Waals surface area contributed by atoms with E-state index < -0.39 is 11.4 Å². The Balaban J connectivity index is 1.77. The molecule has 1 fully saturated rings. The molecule has 0 spiro atoms. The van der Waals surface area contributed by atoms with Crippen molar-refractivity contribution in [3.05, 3.63) is 75.2 Å². The number of ether oxygens (including phenoxy) is 1. The molecule has 4 rings (SSSR count). The van der Waals surface area contributed by atoms with E-state index >= 15 is 0 Å². The summed E-state index contributed by atoms with van der Waals surface area (Å²) in [5.41, 5.74) is 7.47. The maximum atomic E-state index is 12.8. The van der Waals surface area contributed by atoms with Crippen LogP contribution in [-0.2, 0) is 21.6 Å². The highest BCUT2D eigenvalue weighted by atomic mass is 35.5. The van der Waals surface area contributed by atoms with Crippen molar-refractivity contribution in [3.63, 3.8) is 0 Å². The van der Waals surface area contributed by atoms with E-state index in [1.54, 1.807) is 12.3 Å². The Labute approximate surface area is 173 Å². The maximum absolute atomic E-state index is 12.8. The molecule has 7 heteroatoms. The number of rotatable bonds is 5. The van der Waals surface area contributed by atoms with E-state index in [1.807, 2.05) is 37.3 Å². The summed E-state index contributed by atoms with van der Waals surface area (Å²) in [5, 5.41) is 5.63. The Morgan fingerprint density at radius 3 is 2.86 bits per heavy atom. The van der Waals surface area contributed by atoms with Gasteiger partial charge in [-0.15, -0.1) is 0 Å². The first-order valence-corrected chi connectivity index (χ1v) is 9.80. The molecule has 1 amide bonds. The minimum atomic E-state index is -0.556. The van der Waals surface area contributed by atoms with Crippen LogP contribution in [0.5, 0.6) is 0 Å². The Bertz CT molecular complexity index is 1150. The van der Waals surface area contributed by atoms with Crippen LogP contribution in [0.2, 0.25) is 5.02 Å². The zero-order valence-corrected chi connectivity index (χ0v) is 16.8. The summed E-state index contributed by atoms with van der Waals surface area (Å²) in [4.78, 5) is 24.0. The van der Waals surface area contributed by atoms with Crippen LogP contribution in [0.3, 0.4) is 0 Å². The fourth-order valence-corrected chi connectivity index (χ4v) is 4.17. The quantitative estimate of drug-likeness (QED) is 0.675. The highest BCUT2D eigenvalue weighted by Crippen LogP contribution is 2.38. The van der Waals surface area contributed by atoms with Crippen LogP contribution in [-0.4, -0.2) is 23.7 Å². The van der Waals surface area contributed by atoms with Gasteiger partial charge in [-0.3, -0.25) is 9.59 Å². The number of primary amides is 1. The lowest BCUT2D eigenvalue weighted by atomic mass is 9.85. The number of anilines is 1. The number of nitrogens with two attached hydrogens (primary N) is 1. The molecular weight excluding hydrogens is 390 g/mol. The van der Waals surface area contributed by atoms with Crippen LogP contribution < -0.4 is 16.6 Å². The topological polar surface area (TPSA) is 86.4 Å². The first-order chi connectivity index (χ1) is 13.9. The molecule has 3 aromatic rings. The van der Waals surface area contributed by atoms with Crippen molar-refractivity contribution in [1.82, 2.24) is 4.57 Å². The largest absolute Gasteiger partial charge is 0.379 e. The first kappa shape index (κ1) is 19.5. The second-order valence-corrected chi connectivity index (χ2v) is 7.85. The van der Waals surface area contributed by atoms with Crippen LogP contribution >= 0.6 is 11.6 Å². The molecular formula is C22H22ClN3O3. The number of halogens is 1. The molecule has 29 heavy (non-hydrogen) atoms. The van der Waals surface area contributed by atoms with Crippen molar-refractivity contribution in [2.24, 2.45) is 5.73 Å². The number of carbonyl (C=O) groups excluding carboxylic acids is 1.